The van der Waals surface area contributed by atoms with Gasteiger partial charge in [-0.1, -0.05) is 0 Å². The molecule has 1 rings (SSSR count). The Balaban J connectivity index is 2.13. The number of hydrogen-bond donors (Lipinski definition) is 0. The van der Waals surface area contributed by atoms with Crippen molar-refractivity contribution in [2.45, 2.75) is 45.0 Å². The molecule has 72 valence electrons. The highest BCUT2D eigenvalue weighted by atomic mass is 28.4. The molecule has 1 unspecified atom stereocenters. The van der Waals surface area contributed by atoms with E-state index < -0.39 is 8.32 Å². The van der Waals surface area contributed by atoms with Crippen molar-refractivity contribution in [3.63, 3.8) is 0 Å². The van der Waals surface area contributed by atoms with E-state index in [4.69, 9.17) is 9.16 Å². The molecule has 1 atom stereocenters. The van der Waals surface area contributed by atoms with Crippen molar-refractivity contribution in [2.75, 3.05) is 13.2 Å². The van der Waals surface area contributed by atoms with E-state index in [1.807, 2.05) is 0 Å². The zero-order valence-electron chi connectivity index (χ0n) is 8.43. The van der Waals surface area contributed by atoms with E-state index in [1.165, 1.54) is 19.3 Å². The van der Waals surface area contributed by atoms with Crippen LogP contribution in [0.1, 0.15) is 19.3 Å². The molecular formula is C9H20O2Si. The molecule has 0 aromatic heterocycles. The fourth-order valence-corrected chi connectivity index (χ4v) is 1.97. The Bertz CT molecular complexity index is 125. The lowest BCUT2D eigenvalue weighted by Crippen LogP contribution is -2.33. The average Bonchev–Trinajstić information content (AvgIpc) is 2.02. The molecule has 0 radical (unpaired) electrons. The monoisotopic (exact) mass is 188 g/mol. The largest absolute Gasteiger partial charge is 0.415 e. The van der Waals surface area contributed by atoms with Gasteiger partial charge >= 0.3 is 0 Å². The Morgan fingerprint density at radius 2 is 2.08 bits per heavy atom. The van der Waals surface area contributed by atoms with Gasteiger partial charge in [-0.3, -0.25) is 0 Å². The highest BCUT2D eigenvalue weighted by Gasteiger charge is 2.19. The fraction of sp³-hybridized carbons (Fsp3) is 1.00. The normalized spacial score (nSPS) is 25.8. The molecule has 1 saturated heterocycles. The van der Waals surface area contributed by atoms with Crippen molar-refractivity contribution in [3.05, 3.63) is 0 Å². The Kier molecular flexibility index (Phi) is 3.74. The van der Waals surface area contributed by atoms with E-state index >= 15 is 0 Å². The second-order valence-electron chi connectivity index (χ2n) is 4.41. The third-order valence-electron chi connectivity index (χ3n) is 1.98. The number of hydrogen-bond acceptors (Lipinski definition) is 2. The molecule has 1 fully saturated rings. The van der Waals surface area contributed by atoms with Gasteiger partial charge in [0, 0.05) is 6.61 Å². The van der Waals surface area contributed by atoms with E-state index in [1.54, 1.807) is 0 Å². The lowest BCUT2D eigenvalue weighted by molar-refractivity contribution is -0.0128. The zero-order valence-corrected chi connectivity index (χ0v) is 9.43. The molecule has 0 aromatic carbocycles. The van der Waals surface area contributed by atoms with E-state index in [0.717, 1.165) is 13.2 Å². The van der Waals surface area contributed by atoms with Crippen LogP contribution in [0.4, 0.5) is 0 Å². The molecule has 1 aliphatic rings. The van der Waals surface area contributed by atoms with Crippen LogP contribution in [0, 0.1) is 0 Å². The summed E-state index contributed by atoms with van der Waals surface area (Å²) in [6.45, 7) is 8.40. The third-order valence-corrected chi connectivity index (χ3v) is 3.01. The summed E-state index contributed by atoms with van der Waals surface area (Å²) >= 11 is 0. The summed E-state index contributed by atoms with van der Waals surface area (Å²) in [6, 6.07) is 0. The molecule has 12 heavy (non-hydrogen) atoms. The molecule has 1 heterocycles. The molecular weight excluding hydrogens is 168 g/mol. The van der Waals surface area contributed by atoms with Crippen LogP contribution >= 0.6 is 0 Å². The van der Waals surface area contributed by atoms with Crippen molar-refractivity contribution >= 4 is 8.32 Å². The zero-order chi connectivity index (χ0) is 9.03. The maximum absolute atomic E-state index is 5.78. The van der Waals surface area contributed by atoms with Gasteiger partial charge in [-0.15, -0.1) is 0 Å². The van der Waals surface area contributed by atoms with Crippen molar-refractivity contribution in [1.82, 2.24) is 0 Å². The summed E-state index contributed by atoms with van der Waals surface area (Å²) in [7, 11) is -1.32. The molecule has 0 spiro atoms. The maximum Gasteiger partial charge on any atom is 0.183 e. The standard InChI is InChI=1S/C9H20O2Si/c1-12(2,3)11-8-9-6-4-5-7-10-9/h9H,4-8H2,1-3H3. The smallest absolute Gasteiger partial charge is 0.183 e. The lowest BCUT2D eigenvalue weighted by atomic mass is 10.1. The van der Waals surface area contributed by atoms with Gasteiger partial charge in [0.1, 0.15) is 0 Å². The summed E-state index contributed by atoms with van der Waals surface area (Å²) in [4.78, 5) is 0. The van der Waals surface area contributed by atoms with E-state index in [2.05, 4.69) is 19.6 Å². The van der Waals surface area contributed by atoms with Gasteiger partial charge in [-0.05, 0) is 38.9 Å². The quantitative estimate of drug-likeness (QED) is 0.633. The summed E-state index contributed by atoms with van der Waals surface area (Å²) in [5.74, 6) is 0. The Morgan fingerprint density at radius 3 is 2.58 bits per heavy atom. The minimum absolute atomic E-state index is 0.380. The van der Waals surface area contributed by atoms with Crippen LogP contribution in [0.25, 0.3) is 0 Å². The molecule has 0 amide bonds. The topological polar surface area (TPSA) is 18.5 Å². The van der Waals surface area contributed by atoms with Crippen LogP contribution in [-0.4, -0.2) is 27.6 Å². The van der Waals surface area contributed by atoms with Crippen LogP contribution in [0.2, 0.25) is 19.6 Å². The van der Waals surface area contributed by atoms with Crippen molar-refractivity contribution in [3.8, 4) is 0 Å². The minimum Gasteiger partial charge on any atom is -0.415 e. The summed E-state index contributed by atoms with van der Waals surface area (Å²) in [5.41, 5.74) is 0. The average molecular weight is 188 g/mol. The lowest BCUT2D eigenvalue weighted by Gasteiger charge is -2.26. The molecule has 2 nitrogen and oxygen atoms in total. The Hall–Kier alpha value is 0.137. The van der Waals surface area contributed by atoms with Crippen molar-refractivity contribution in [2.24, 2.45) is 0 Å². The predicted octanol–water partition coefficient (Wildman–Crippen LogP) is 2.41. The first kappa shape index (κ1) is 10.2. The van der Waals surface area contributed by atoms with Crippen LogP contribution in [0.5, 0.6) is 0 Å². The van der Waals surface area contributed by atoms with Gasteiger partial charge in [-0.2, -0.15) is 0 Å². The van der Waals surface area contributed by atoms with Crippen LogP contribution in [0.3, 0.4) is 0 Å². The molecule has 0 aliphatic carbocycles. The van der Waals surface area contributed by atoms with Crippen molar-refractivity contribution in [1.29, 1.82) is 0 Å². The maximum atomic E-state index is 5.78. The molecule has 3 heteroatoms. The second-order valence-corrected chi connectivity index (χ2v) is 8.93. The van der Waals surface area contributed by atoms with Gasteiger partial charge in [-0.25, -0.2) is 0 Å². The summed E-state index contributed by atoms with van der Waals surface area (Å²) in [6.07, 6.45) is 4.10. The predicted molar refractivity (Wildman–Crippen MR) is 52.9 cm³/mol. The SMILES string of the molecule is C[Si](C)(C)OCC1CCCCO1. The third kappa shape index (κ3) is 4.23. The molecule has 0 bridgehead atoms. The van der Waals surface area contributed by atoms with Crippen molar-refractivity contribution < 1.29 is 9.16 Å². The van der Waals surface area contributed by atoms with Gasteiger partial charge in [0.15, 0.2) is 8.32 Å². The molecule has 0 N–H and O–H groups in total. The molecule has 0 aromatic rings. The first-order chi connectivity index (χ1) is 5.58. The van der Waals surface area contributed by atoms with E-state index in [-0.39, 0.29) is 0 Å². The molecule has 0 saturated carbocycles. The second kappa shape index (κ2) is 4.39. The number of rotatable bonds is 3. The Morgan fingerprint density at radius 1 is 1.33 bits per heavy atom. The highest BCUT2D eigenvalue weighted by Crippen LogP contribution is 2.14. The van der Waals surface area contributed by atoms with Gasteiger partial charge < -0.3 is 9.16 Å². The molecule has 1 aliphatic heterocycles. The first-order valence-electron chi connectivity index (χ1n) is 4.83. The first-order valence-corrected chi connectivity index (χ1v) is 8.24. The Labute approximate surface area is 76.4 Å². The fourth-order valence-electron chi connectivity index (χ4n) is 1.28. The van der Waals surface area contributed by atoms with E-state index in [9.17, 15) is 0 Å². The van der Waals surface area contributed by atoms with Gasteiger partial charge in [0.2, 0.25) is 0 Å². The van der Waals surface area contributed by atoms with Crippen LogP contribution < -0.4 is 0 Å². The summed E-state index contributed by atoms with van der Waals surface area (Å²) in [5, 5.41) is 0. The summed E-state index contributed by atoms with van der Waals surface area (Å²) < 4.78 is 11.4. The van der Waals surface area contributed by atoms with E-state index in [0.29, 0.717) is 6.10 Å². The highest BCUT2D eigenvalue weighted by molar-refractivity contribution is 6.69. The van der Waals surface area contributed by atoms with Gasteiger partial charge in [0.05, 0.1) is 12.7 Å². The van der Waals surface area contributed by atoms with Crippen LogP contribution in [-0.2, 0) is 9.16 Å². The van der Waals surface area contributed by atoms with Gasteiger partial charge in [0.25, 0.3) is 0 Å². The van der Waals surface area contributed by atoms with Crippen LogP contribution in [0.15, 0.2) is 0 Å². The minimum atomic E-state index is -1.32. The number of ether oxygens (including phenoxy) is 1.